The van der Waals surface area contributed by atoms with Crippen molar-refractivity contribution >= 4 is 33.4 Å². The van der Waals surface area contributed by atoms with Crippen LogP contribution in [0.3, 0.4) is 0 Å². The molecule has 43 heavy (non-hydrogen) atoms. The van der Waals surface area contributed by atoms with Crippen molar-refractivity contribution in [2.24, 2.45) is 10.1 Å². The number of nitrogens with one attached hydrogen (secondary N) is 2. The number of aliphatic hydroxyl groups is 1. The summed E-state index contributed by atoms with van der Waals surface area (Å²) < 4.78 is 23.4. The molecular weight excluding hydrogens is 620 g/mol. The summed E-state index contributed by atoms with van der Waals surface area (Å²) in [5.74, 6) is 0.374. The molecule has 0 bridgehead atoms. The van der Waals surface area contributed by atoms with Crippen LogP contribution >= 0.6 is 15.9 Å². The van der Waals surface area contributed by atoms with E-state index in [1.807, 2.05) is 24.3 Å². The lowest BCUT2D eigenvalue weighted by Gasteiger charge is -2.32. The number of amides is 1. The van der Waals surface area contributed by atoms with E-state index in [-0.39, 0.29) is 25.5 Å². The van der Waals surface area contributed by atoms with Crippen molar-refractivity contribution in [2.45, 2.75) is 30.8 Å². The summed E-state index contributed by atoms with van der Waals surface area (Å²) in [4.78, 5) is 22.2. The van der Waals surface area contributed by atoms with Crippen LogP contribution in [0, 0.1) is 0 Å². The fourth-order valence-corrected chi connectivity index (χ4v) is 5.05. The molecule has 2 atom stereocenters. The molecule has 1 heterocycles. The second kappa shape index (κ2) is 15.5. The van der Waals surface area contributed by atoms with Gasteiger partial charge in [-0.25, -0.2) is 10.4 Å². The molecule has 4 rings (SSSR count). The first-order chi connectivity index (χ1) is 20.9. The Labute approximate surface area is 257 Å². The van der Waals surface area contributed by atoms with Crippen molar-refractivity contribution in [1.82, 2.24) is 10.9 Å². The summed E-state index contributed by atoms with van der Waals surface area (Å²) >= 11 is 3.61. The molecule has 1 amide bonds. The number of benzene rings is 3. The lowest BCUT2D eigenvalue weighted by Crippen LogP contribution is -2.55. The first kappa shape index (κ1) is 32.0. The van der Waals surface area contributed by atoms with Crippen LogP contribution in [0.15, 0.2) is 87.4 Å². The van der Waals surface area contributed by atoms with Crippen LogP contribution in [-0.2, 0) is 25.4 Å². The zero-order chi connectivity index (χ0) is 30.7. The molecule has 0 aromatic heterocycles. The summed E-state index contributed by atoms with van der Waals surface area (Å²) in [5.41, 5.74) is 15.7. The van der Waals surface area contributed by atoms with E-state index in [0.717, 1.165) is 10.0 Å². The Hall–Kier alpha value is -3.97. The molecule has 3 N–H and O–H groups in total. The number of ether oxygens (including phenoxy) is 4. The van der Waals surface area contributed by atoms with Gasteiger partial charge >= 0.3 is 0 Å². The number of carbonyl (C=O) groups excluding carboxylic acids is 1. The number of aliphatic hydroxyl groups excluding tert-OH is 1. The van der Waals surface area contributed by atoms with E-state index in [9.17, 15) is 10.3 Å². The van der Waals surface area contributed by atoms with Crippen molar-refractivity contribution in [1.29, 1.82) is 0 Å². The van der Waals surface area contributed by atoms with Gasteiger partial charge in [-0.2, -0.15) is 0 Å². The van der Waals surface area contributed by atoms with Crippen LogP contribution in [0.5, 0.6) is 5.75 Å². The minimum atomic E-state index is -1.54. The van der Waals surface area contributed by atoms with Gasteiger partial charge in [0, 0.05) is 59.9 Å². The SMILES string of the molecule is COC(CNNC(=O)[C@@]1(Cc2ccccc2Br)N=C(c2ccc(OCCCO)cc2)O[C@H]1c1ccccc1N=[N+]=[N-])OC. The molecule has 0 saturated heterocycles. The van der Waals surface area contributed by atoms with Crippen molar-refractivity contribution in [3.63, 3.8) is 0 Å². The highest BCUT2D eigenvalue weighted by molar-refractivity contribution is 9.10. The fraction of sp³-hybridized carbons (Fsp3) is 0.333. The number of carbonyl (C=O) groups is 1. The van der Waals surface area contributed by atoms with E-state index in [2.05, 4.69) is 36.8 Å². The molecule has 226 valence electrons. The molecular formula is C30H33BrN6O6. The predicted molar refractivity (Wildman–Crippen MR) is 164 cm³/mol. The third kappa shape index (κ3) is 7.71. The van der Waals surface area contributed by atoms with Crippen molar-refractivity contribution < 1.29 is 28.8 Å². The third-order valence-electron chi connectivity index (χ3n) is 6.82. The van der Waals surface area contributed by atoms with Gasteiger partial charge < -0.3 is 24.1 Å². The molecule has 12 nitrogen and oxygen atoms in total. The van der Waals surface area contributed by atoms with Crippen molar-refractivity contribution in [2.75, 3.05) is 34.0 Å². The zero-order valence-electron chi connectivity index (χ0n) is 23.8. The second-order valence-corrected chi connectivity index (χ2v) is 10.4. The fourth-order valence-electron chi connectivity index (χ4n) is 4.63. The Morgan fingerprint density at radius 1 is 1.14 bits per heavy atom. The van der Waals surface area contributed by atoms with Crippen LogP contribution in [0.25, 0.3) is 10.4 Å². The van der Waals surface area contributed by atoms with E-state index < -0.39 is 23.8 Å². The second-order valence-electron chi connectivity index (χ2n) is 9.54. The molecule has 3 aromatic carbocycles. The number of hydrogen-bond acceptors (Lipinski definition) is 9. The van der Waals surface area contributed by atoms with Crippen molar-refractivity contribution in [3.05, 3.63) is 104 Å². The largest absolute Gasteiger partial charge is 0.494 e. The van der Waals surface area contributed by atoms with Gasteiger partial charge in [0.25, 0.3) is 5.91 Å². The maximum Gasteiger partial charge on any atom is 0.266 e. The van der Waals surface area contributed by atoms with Gasteiger partial charge in [-0.1, -0.05) is 63.5 Å². The Kier molecular flexibility index (Phi) is 11.5. The number of aliphatic imine (C=N–C) groups is 1. The Morgan fingerprint density at radius 2 is 1.86 bits per heavy atom. The molecule has 0 fully saturated rings. The topological polar surface area (TPSA) is 159 Å². The highest BCUT2D eigenvalue weighted by Gasteiger charge is 2.54. The third-order valence-corrected chi connectivity index (χ3v) is 7.59. The quantitative estimate of drug-likeness (QED) is 0.0526. The number of halogens is 1. The van der Waals surface area contributed by atoms with E-state index in [0.29, 0.717) is 35.6 Å². The van der Waals surface area contributed by atoms with E-state index in [1.54, 1.807) is 48.5 Å². The minimum absolute atomic E-state index is 0.0373. The normalized spacial score (nSPS) is 17.6. The van der Waals surface area contributed by atoms with E-state index in [1.165, 1.54) is 14.2 Å². The zero-order valence-corrected chi connectivity index (χ0v) is 25.4. The Morgan fingerprint density at radius 3 is 2.56 bits per heavy atom. The molecule has 0 spiro atoms. The summed E-state index contributed by atoms with van der Waals surface area (Å²) in [6.07, 6.45) is -0.918. The van der Waals surface area contributed by atoms with E-state index >= 15 is 0 Å². The summed E-state index contributed by atoms with van der Waals surface area (Å²) in [5, 5.41) is 12.9. The maximum atomic E-state index is 14.3. The van der Waals surface area contributed by atoms with Gasteiger partial charge in [-0.3, -0.25) is 10.2 Å². The molecule has 1 aliphatic rings. The average molecular weight is 654 g/mol. The summed E-state index contributed by atoms with van der Waals surface area (Å²) in [6, 6.07) is 21.6. The van der Waals surface area contributed by atoms with Gasteiger partial charge in [-0.15, -0.1) is 0 Å². The predicted octanol–water partition coefficient (Wildman–Crippen LogP) is 4.89. The first-order valence-corrected chi connectivity index (χ1v) is 14.3. The summed E-state index contributed by atoms with van der Waals surface area (Å²) in [6.45, 7) is 0.579. The molecule has 13 heteroatoms. The number of hydrazine groups is 1. The van der Waals surface area contributed by atoms with Crippen LogP contribution < -0.4 is 15.6 Å². The van der Waals surface area contributed by atoms with Gasteiger partial charge in [0.05, 0.1) is 13.2 Å². The molecule has 0 saturated carbocycles. The average Bonchev–Trinajstić information content (AvgIpc) is 3.41. The van der Waals surface area contributed by atoms with Crippen LogP contribution in [0.2, 0.25) is 0 Å². The molecule has 1 aliphatic heterocycles. The molecule has 3 aromatic rings. The number of rotatable bonds is 15. The number of nitrogens with zero attached hydrogens (tertiary/aromatic N) is 4. The van der Waals surface area contributed by atoms with Gasteiger partial charge in [0.2, 0.25) is 5.90 Å². The number of hydrogen-bond donors (Lipinski definition) is 3. The van der Waals surface area contributed by atoms with Crippen LogP contribution in [0.4, 0.5) is 5.69 Å². The van der Waals surface area contributed by atoms with Crippen LogP contribution in [0.1, 0.15) is 29.2 Å². The van der Waals surface area contributed by atoms with E-state index in [4.69, 9.17) is 29.0 Å². The van der Waals surface area contributed by atoms with Gasteiger partial charge in [-0.05, 0) is 41.4 Å². The minimum Gasteiger partial charge on any atom is -0.494 e. The van der Waals surface area contributed by atoms with Crippen LogP contribution in [-0.4, -0.2) is 62.7 Å². The van der Waals surface area contributed by atoms with Gasteiger partial charge in [0.1, 0.15) is 5.75 Å². The molecule has 0 radical (unpaired) electrons. The molecule has 0 unspecified atom stereocenters. The number of azide groups is 1. The lowest BCUT2D eigenvalue weighted by molar-refractivity contribution is -0.131. The molecule has 0 aliphatic carbocycles. The Bertz CT molecular complexity index is 1460. The maximum absolute atomic E-state index is 14.3. The first-order valence-electron chi connectivity index (χ1n) is 13.5. The summed E-state index contributed by atoms with van der Waals surface area (Å²) in [7, 11) is 3.00. The monoisotopic (exact) mass is 652 g/mol. The lowest BCUT2D eigenvalue weighted by atomic mass is 9.81. The Balaban J connectivity index is 1.81. The standard InChI is InChI=1S/C30H33BrN6O6/c1-40-26(41-2)19-33-36-29(39)30(18-21-8-3-5-10-24(21)31)27(23-9-4-6-11-25(23)35-37-32)43-28(34-30)20-12-14-22(15-13-20)42-17-7-16-38/h3-6,8-15,26-27,33,38H,7,16-19H2,1-2H3,(H,36,39)/t27-,30-/m0/s1. The number of methoxy groups -OCH3 is 2. The highest BCUT2D eigenvalue weighted by atomic mass is 79.9. The highest BCUT2D eigenvalue weighted by Crippen LogP contribution is 2.46. The smallest absolute Gasteiger partial charge is 0.266 e. The van der Waals surface area contributed by atoms with Gasteiger partial charge in [0.15, 0.2) is 17.9 Å². The van der Waals surface area contributed by atoms with Crippen molar-refractivity contribution in [3.8, 4) is 5.75 Å².